The number of carbonyl (C=O) groups excluding carboxylic acids is 1. The van der Waals surface area contributed by atoms with E-state index in [0.29, 0.717) is 26.0 Å². The Hall–Kier alpha value is -3.60. The van der Waals surface area contributed by atoms with E-state index in [0.717, 1.165) is 33.5 Å². The van der Waals surface area contributed by atoms with Crippen LogP contribution in [-0.4, -0.2) is 29.0 Å². The van der Waals surface area contributed by atoms with E-state index in [1.807, 2.05) is 55.6 Å². The van der Waals surface area contributed by atoms with Gasteiger partial charge in [-0.05, 0) is 48.4 Å². The van der Waals surface area contributed by atoms with Crippen LogP contribution in [0.4, 0.5) is 0 Å². The monoisotopic (exact) mass is 413 g/mol. The maximum atomic E-state index is 12.9. The Labute approximate surface area is 182 Å². The van der Waals surface area contributed by atoms with E-state index in [4.69, 9.17) is 4.74 Å². The van der Waals surface area contributed by atoms with Crippen molar-refractivity contribution in [1.29, 1.82) is 0 Å². The molecule has 1 amide bonds. The molecule has 4 aromatic rings. The molecule has 0 radical (unpaired) electrons. The lowest BCUT2D eigenvalue weighted by atomic mass is 9.88. The number of ether oxygens (including phenoxy) is 1. The van der Waals surface area contributed by atoms with Gasteiger partial charge in [-0.25, -0.2) is 0 Å². The van der Waals surface area contributed by atoms with Gasteiger partial charge in [0.2, 0.25) is 5.91 Å². The van der Waals surface area contributed by atoms with Crippen LogP contribution in [0, 0.1) is 0 Å². The van der Waals surface area contributed by atoms with Crippen molar-refractivity contribution in [2.24, 2.45) is 0 Å². The first kappa shape index (κ1) is 20.7. The number of nitrogens with zero attached hydrogens (tertiary/aromatic N) is 1. The molecule has 0 spiro atoms. The number of aromatic amines is 1. The van der Waals surface area contributed by atoms with Gasteiger partial charge < -0.3 is 15.0 Å². The molecule has 5 nitrogen and oxygen atoms in total. The van der Waals surface area contributed by atoms with Crippen molar-refractivity contribution >= 4 is 16.8 Å². The second kappa shape index (κ2) is 9.94. The molecule has 0 aliphatic carbocycles. The van der Waals surface area contributed by atoms with Crippen LogP contribution in [0.3, 0.4) is 0 Å². The fourth-order valence-electron chi connectivity index (χ4n) is 3.89. The summed E-state index contributed by atoms with van der Waals surface area (Å²) in [6.45, 7) is 3.17. The van der Waals surface area contributed by atoms with Gasteiger partial charge in [-0.3, -0.25) is 9.78 Å². The van der Waals surface area contributed by atoms with Crippen LogP contribution in [0.2, 0.25) is 0 Å². The Balaban J connectivity index is 1.53. The topological polar surface area (TPSA) is 67.0 Å². The van der Waals surface area contributed by atoms with Crippen molar-refractivity contribution in [3.63, 3.8) is 0 Å². The van der Waals surface area contributed by atoms with E-state index in [1.165, 1.54) is 0 Å². The molecule has 31 heavy (non-hydrogen) atoms. The molecule has 158 valence electrons. The summed E-state index contributed by atoms with van der Waals surface area (Å²) in [6.07, 6.45) is 4.88. The van der Waals surface area contributed by atoms with Crippen molar-refractivity contribution in [2.75, 3.05) is 13.2 Å². The van der Waals surface area contributed by atoms with Crippen LogP contribution in [0.1, 0.15) is 36.1 Å². The second-order valence-electron chi connectivity index (χ2n) is 7.47. The first-order valence-corrected chi connectivity index (χ1v) is 10.7. The molecule has 2 aromatic carbocycles. The minimum Gasteiger partial charge on any atom is -0.494 e. The molecule has 5 heteroatoms. The second-order valence-corrected chi connectivity index (χ2v) is 7.47. The van der Waals surface area contributed by atoms with Crippen molar-refractivity contribution < 1.29 is 9.53 Å². The van der Waals surface area contributed by atoms with Crippen molar-refractivity contribution in [3.05, 3.63) is 95.9 Å². The number of carbonyl (C=O) groups is 1. The third-order valence-electron chi connectivity index (χ3n) is 5.41. The van der Waals surface area contributed by atoms with Gasteiger partial charge in [0, 0.05) is 54.3 Å². The number of benzene rings is 2. The summed E-state index contributed by atoms with van der Waals surface area (Å²) in [5.74, 6) is 0.811. The predicted octanol–water partition coefficient (Wildman–Crippen LogP) is 4.84. The summed E-state index contributed by atoms with van der Waals surface area (Å²) < 4.78 is 5.59. The van der Waals surface area contributed by atoms with Crippen molar-refractivity contribution in [1.82, 2.24) is 15.3 Å². The number of hydrogen-bond donors (Lipinski definition) is 2. The minimum absolute atomic E-state index is 0.0279. The molecule has 0 aliphatic heterocycles. The highest BCUT2D eigenvalue weighted by Gasteiger charge is 2.21. The normalized spacial score (nSPS) is 11.9. The highest BCUT2D eigenvalue weighted by atomic mass is 16.5. The number of H-pyrrole nitrogens is 1. The number of pyridine rings is 1. The number of aromatic nitrogens is 2. The van der Waals surface area contributed by atoms with Crippen LogP contribution in [-0.2, 0) is 11.2 Å². The maximum Gasteiger partial charge on any atom is 0.220 e. The molecular formula is C26H27N3O2. The number of para-hydroxylation sites is 1. The summed E-state index contributed by atoms with van der Waals surface area (Å²) in [5.41, 5.74) is 4.26. The van der Waals surface area contributed by atoms with E-state index in [-0.39, 0.29) is 11.8 Å². The quantitative estimate of drug-likeness (QED) is 0.412. The Bertz CT molecular complexity index is 1120. The zero-order valence-corrected chi connectivity index (χ0v) is 17.7. The van der Waals surface area contributed by atoms with Gasteiger partial charge >= 0.3 is 0 Å². The fourth-order valence-corrected chi connectivity index (χ4v) is 3.89. The molecule has 1 unspecified atom stereocenters. The van der Waals surface area contributed by atoms with Crippen molar-refractivity contribution in [2.45, 2.75) is 25.7 Å². The third kappa shape index (κ3) is 5.12. The first-order valence-electron chi connectivity index (χ1n) is 10.7. The molecule has 0 saturated heterocycles. The minimum atomic E-state index is -0.0540. The van der Waals surface area contributed by atoms with E-state index >= 15 is 0 Å². The van der Waals surface area contributed by atoms with Gasteiger partial charge in [-0.2, -0.15) is 0 Å². The maximum absolute atomic E-state index is 12.9. The molecule has 0 saturated carbocycles. The van der Waals surface area contributed by atoms with Crippen molar-refractivity contribution in [3.8, 4) is 5.75 Å². The summed E-state index contributed by atoms with van der Waals surface area (Å²) >= 11 is 0. The lowest BCUT2D eigenvalue weighted by Crippen LogP contribution is -2.27. The zero-order chi connectivity index (χ0) is 21.5. The van der Waals surface area contributed by atoms with Gasteiger partial charge in [-0.1, -0.05) is 36.4 Å². The summed E-state index contributed by atoms with van der Waals surface area (Å²) in [7, 11) is 0. The number of amides is 1. The Morgan fingerprint density at radius 2 is 1.87 bits per heavy atom. The number of nitrogens with one attached hydrogen (secondary N) is 2. The van der Waals surface area contributed by atoms with Gasteiger partial charge in [0.25, 0.3) is 0 Å². The Morgan fingerprint density at radius 1 is 1.06 bits per heavy atom. The van der Waals surface area contributed by atoms with Crippen LogP contribution in [0.15, 0.2) is 79.1 Å². The van der Waals surface area contributed by atoms with Crippen LogP contribution in [0.25, 0.3) is 10.9 Å². The highest BCUT2D eigenvalue weighted by Crippen LogP contribution is 2.34. The van der Waals surface area contributed by atoms with Gasteiger partial charge in [0.1, 0.15) is 5.75 Å². The largest absolute Gasteiger partial charge is 0.494 e. The number of rotatable bonds is 9. The lowest BCUT2D eigenvalue weighted by Gasteiger charge is -2.18. The van der Waals surface area contributed by atoms with E-state index in [1.54, 1.807) is 6.20 Å². The van der Waals surface area contributed by atoms with E-state index in [9.17, 15) is 4.79 Å². The fraction of sp³-hybridized carbons (Fsp3) is 0.231. The standard InChI is InChI=1S/C26H27N3O2/c1-2-31-21-12-10-19(11-13-21)23(24-18-29-25-9-4-3-8-22(24)25)17-26(30)28-16-14-20-7-5-6-15-27-20/h3-13,15,18,23,29H,2,14,16-17H2,1H3,(H,28,30). The lowest BCUT2D eigenvalue weighted by molar-refractivity contribution is -0.121. The SMILES string of the molecule is CCOc1ccc(C(CC(=O)NCCc2ccccn2)c2c[nH]c3ccccc23)cc1. The first-order chi connectivity index (χ1) is 15.2. The average Bonchev–Trinajstić information content (AvgIpc) is 3.23. The molecule has 0 fully saturated rings. The van der Waals surface area contributed by atoms with Gasteiger partial charge in [-0.15, -0.1) is 0 Å². The van der Waals surface area contributed by atoms with Gasteiger partial charge in [0.05, 0.1) is 6.61 Å². The zero-order valence-electron chi connectivity index (χ0n) is 17.7. The van der Waals surface area contributed by atoms with E-state index in [2.05, 4.69) is 39.6 Å². The van der Waals surface area contributed by atoms with Crippen LogP contribution < -0.4 is 10.1 Å². The molecule has 2 aromatic heterocycles. The van der Waals surface area contributed by atoms with Crippen LogP contribution >= 0.6 is 0 Å². The summed E-state index contributed by atoms with van der Waals surface area (Å²) in [6, 6.07) is 22.1. The molecule has 4 rings (SSSR count). The average molecular weight is 414 g/mol. The molecule has 0 aliphatic rings. The number of fused-ring (bicyclic) bond motifs is 1. The molecule has 2 heterocycles. The molecule has 0 bridgehead atoms. The van der Waals surface area contributed by atoms with Gasteiger partial charge in [0.15, 0.2) is 0 Å². The molecular weight excluding hydrogens is 386 g/mol. The summed E-state index contributed by atoms with van der Waals surface area (Å²) in [5, 5.41) is 4.20. The molecule has 2 N–H and O–H groups in total. The van der Waals surface area contributed by atoms with E-state index < -0.39 is 0 Å². The Kier molecular flexibility index (Phi) is 6.62. The van der Waals surface area contributed by atoms with Crippen LogP contribution in [0.5, 0.6) is 5.75 Å². The molecule has 1 atom stereocenters. The summed E-state index contributed by atoms with van der Waals surface area (Å²) in [4.78, 5) is 20.5. The highest BCUT2D eigenvalue weighted by molar-refractivity contribution is 5.86. The Morgan fingerprint density at radius 3 is 2.65 bits per heavy atom. The number of hydrogen-bond acceptors (Lipinski definition) is 3. The predicted molar refractivity (Wildman–Crippen MR) is 123 cm³/mol. The smallest absolute Gasteiger partial charge is 0.220 e. The third-order valence-corrected chi connectivity index (χ3v) is 5.41.